The number of alkyl carbamates (subject to hydrolysis) is 1. The van der Waals surface area contributed by atoms with Gasteiger partial charge in [0.25, 0.3) is 0 Å². The maximum absolute atomic E-state index is 12.1. The first kappa shape index (κ1) is 18.2. The SMILES string of the molecule is C=CCC(C)(CO)CNC(=O)OCC1c2ccccc2-c2ccccc21. The fraction of sp³-hybridized carbons (Fsp3) is 0.318. The van der Waals surface area contributed by atoms with Crippen molar-refractivity contribution in [1.82, 2.24) is 5.32 Å². The average Bonchev–Trinajstić information content (AvgIpc) is 2.99. The largest absolute Gasteiger partial charge is 0.449 e. The average molecular weight is 351 g/mol. The molecule has 3 rings (SSSR count). The van der Waals surface area contributed by atoms with Gasteiger partial charge in [-0.2, -0.15) is 0 Å². The van der Waals surface area contributed by atoms with Crippen LogP contribution < -0.4 is 5.32 Å². The molecule has 0 spiro atoms. The predicted molar refractivity (Wildman–Crippen MR) is 103 cm³/mol. The van der Waals surface area contributed by atoms with Gasteiger partial charge in [-0.25, -0.2) is 4.79 Å². The van der Waals surface area contributed by atoms with Crippen LogP contribution in [0.15, 0.2) is 61.2 Å². The normalized spacial score (nSPS) is 14.8. The molecule has 0 aromatic heterocycles. The van der Waals surface area contributed by atoms with Crippen LogP contribution in [0.3, 0.4) is 0 Å². The maximum Gasteiger partial charge on any atom is 0.407 e. The van der Waals surface area contributed by atoms with Crippen LogP contribution in [0.5, 0.6) is 0 Å². The third kappa shape index (κ3) is 3.65. The Morgan fingerprint density at radius 2 is 1.77 bits per heavy atom. The van der Waals surface area contributed by atoms with Crippen LogP contribution >= 0.6 is 0 Å². The Hall–Kier alpha value is -2.59. The molecule has 0 bridgehead atoms. The summed E-state index contributed by atoms with van der Waals surface area (Å²) in [5, 5.41) is 12.3. The van der Waals surface area contributed by atoms with E-state index in [2.05, 4.69) is 36.2 Å². The topological polar surface area (TPSA) is 58.6 Å². The van der Waals surface area contributed by atoms with E-state index in [0.29, 0.717) is 13.0 Å². The summed E-state index contributed by atoms with van der Waals surface area (Å²) in [6.45, 7) is 6.20. The minimum atomic E-state index is -0.462. The van der Waals surface area contributed by atoms with Crippen LogP contribution in [0.2, 0.25) is 0 Å². The number of fused-ring (bicyclic) bond motifs is 3. The predicted octanol–water partition coefficient (Wildman–Crippen LogP) is 4.10. The lowest BCUT2D eigenvalue weighted by Crippen LogP contribution is -2.38. The number of hydrogen-bond acceptors (Lipinski definition) is 3. The standard InChI is InChI=1S/C22H25NO3/c1-3-12-22(2,15-24)14-23-21(25)26-13-20-18-10-6-4-8-16(18)17-9-5-7-11-19(17)20/h3-11,20,24H,1,12-15H2,2H3,(H,23,25). The van der Waals surface area contributed by atoms with Gasteiger partial charge in [0.1, 0.15) is 6.61 Å². The van der Waals surface area contributed by atoms with Crippen molar-refractivity contribution in [3.05, 3.63) is 72.3 Å². The monoisotopic (exact) mass is 351 g/mol. The van der Waals surface area contributed by atoms with Crippen LogP contribution in [0.25, 0.3) is 11.1 Å². The van der Waals surface area contributed by atoms with Gasteiger partial charge < -0.3 is 15.2 Å². The Bertz CT molecular complexity index is 756. The van der Waals surface area contributed by atoms with E-state index in [4.69, 9.17) is 4.74 Å². The highest BCUT2D eigenvalue weighted by atomic mass is 16.5. The summed E-state index contributed by atoms with van der Waals surface area (Å²) in [5.74, 6) is 0.0468. The van der Waals surface area contributed by atoms with Crippen LogP contribution in [0, 0.1) is 5.41 Å². The van der Waals surface area contributed by atoms with Crippen LogP contribution in [-0.2, 0) is 4.74 Å². The zero-order chi connectivity index (χ0) is 18.6. The lowest BCUT2D eigenvalue weighted by molar-refractivity contribution is 0.119. The molecule has 4 nitrogen and oxygen atoms in total. The molecule has 26 heavy (non-hydrogen) atoms. The summed E-state index contributed by atoms with van der Waals surface area (Å²) in [4.78, 5) is 12.1. The summed E-state index contributed by atoms with van der Waals surface area (Å²) in [6, 6.07) is 16.5. The van der Waals surface area contributed by atoms with E-state index in [1.54, 1.807) is 6.08 Å². The van der Waals surface area contributed by atoms with Gasteiger partial charge in [0.15, 0.2) is 0 Å². The second-order valence-corrected chi connectivity index (χ2v) is 7.14. The number of allylic oxidation sites excluding steroid dienone is 1. The van der Waals surface area contributed by atoms with Crippen molar-refractivity contribution in [3.8, 4) is 11.1 Å². The minimum absolute atomic E-state index is 0.0251. The molecular weight excluding hydrogens is 326 g/mol. The van der Waals surface area contributed by atoms with E-state index in [9.17, 15) is 9.90 Å². The van der Waals surface area contributed by atoms with Gasteiger partial charge in [-0.1, -0.05) is 61.5 Å². The fourth-order valence-electron chi connectivity index (χ4n) is 3.48. The Morgan fingerprint density at radius 3 is 2.31 bits per heavy atom. The highest BCUT2D eigenvalue weighted by Gasteiger charge is 2.29. The zero-order valence-corrected chi connectivity index (χ0v) is 15.1. The van der Waals surface area contributed by atoms with E-state index < -0.39 is 11.5 Å². The fourth-order valence-corrected chi connectivity index (χ4v) is 3.48. The van der Waals surface area contributed by atoms with Gasteiger partial charge >= 0.3 is 6.09 Å². The molecule has 0 aliphatic heterocycles. The molecule has 2 N–H and O–H groups in total. The van der Waals surface area contributed by atoms with E-state index in [0.717, 1.165) is 0 Å². The van der Waals surface area contributed by atoms with Gasteiger partial charge in [0, 0.05) is 17.9 Å². The number of ether oxygens (including phenoxy) is 1. The zero-order valence-electron chi connectivity index (χ0n) is 15.1. The molecule has 1 aliphatic carbocycles. The van der Waals surface area contributed by atoms with Crippen LogP contribution in [0.4, 0.5) is 4.79 Å². The number of amides is 1. The van der Waals surface area contributed by atoms with Crippen molar-refractivity contribution in [2.45, 2.75) is 19.3 Å². The molecule has 4 heteroatoms. The molecule has 0 saturated carbocycles. The smallest absolute Gasteiger partial charge is 0.407 e. The lowest BCUT2D eigenvalue weighted by atomic mass is 9.88. The molecule has 0 radical (unpaired) electrons. The van der Waals surface area contributed by atoms with E-state index in [1.165, 1.54) is 22.3 Å². The number of carbonyl (C=O) groups is 1. The minimum Gasteiger partial charge on any atom is -0.449 e. The number of rotatable bonds is 7. The summed E-state index contributed by atoms with van der Waals surface area (Å²) in [5.41, 5.74) is 4.36. The summed E-state index contributed by atoms with van der Waals surface area (Å²) >= 11 is 0. The number of nitrogens with one attached hydrogen (secondary N) is 1. The van der Waals surface area contributed by atoms with Gasteiger partial charge in [-0.05, 0) is 28.7 Å². The molecule has 1 aliphatic rings. The van der Waals surface area contributed by atoms with Crippen molar-refractivity contribution < 1.29 is 14.6 Å². The van der Waals surface area contributed by atoms with E-state index >= 15 is 0 Å². The highest BCUT2D eigenvalue weighted by molar-refractivity contribution is 5.79. The Morgan fingerprint density at radius 1 is 1.19 bits per heavy atom. The molecule has 2 aromatic carbocycles. The number of aliphatic hydroxyl groups excluding tert-OH is 1. The van der Waals surface area contributed by atoms with Gasteiger partial charge in [-0.3, -0.25) is 0 Å². The second kappa shape index (κ2) is 7.75. The molecule has 1 unspecified atom stereocenters. The first-order valence-electron chi connectivity index (χ1n) is 8.88. The Kier molecular flexibility index (Phi) is 5.43. The molecule has 1 amide bonds. The quantitative estimate of drug-likeness (QED) is 0.739. The number of carbonyl (C=O) groups excluding carboxylic acids is 1. The molecule has 2 aromatic rings. The van der Waals surface area contributed by atoms with Crippen LogP contribution in [-0.4, -0.2) is 31.0 Å². The summed E-state index contributed by atoms with van der Waals surface area (Å²) < 4.78 is 5.50. The first-order valence-corrected chi connectivity index (χ1v) is 8.88. The van der Waals surface area contributed by atoms with Gasteiger partial charge in [0.2, 0.25) is 0 Å². The van der Waals surface area contributed by atoms with Crippen molar-refractivity contribution in [3.63, 3.8) is 0 Å². The van der Waals surface area contributed by atoms with Crippen molar-refractivity contribution in [2.24, 2.45) is 5.41 Å². The summed E-state index contributed by atoms with van der Waals surface area (Å²) in [6.07, 6.45) is 1.90. The van der Waals surface area contributed by atoms with E-state index in [1.807, 2.05) is 31.2 Å². The van der Waals surface area contributed by atoms with Crippen molar-refractivity contribution in [2.75, 3.05) is 19.8 Å². The molecule has 1 atom stereocenters. The van der Waals surface area contributed by atoms with E-state index in [-0.39, 0.29) is 19.1 Å². The van der Waals surface area contributed by atoms with Crippen molar-refractivity contribution in [1.29, 1.82) is 0 Å². The molecule has 0 saturated heterocycles. The Balaban J connectivity index is 1.65. The van der Waals surface area contributed by atoms with Crippen molar-refractivity contribution >= 4 is 6.09 Å². The number of aliphatic hydroxyl groups is 1. The highest BCUT2D eigenvalue weighted by Crippen LogP contribution is 2.44. The molecule has 136 valence electrons. The summed E-state index contributed by atoms with van der Waals surface area (Å²) in [7, 11) is 0. The first-order chi connectivity index (χ1) is 12.6. The maximum atomic E-state index is 12.1. The molecule has 0 fully saturated rings. The van der Waals surface area contributed by atoms with Crippen LogP contribution in [0.1, 0.15) is 30.4 Å². The second-order valence-electron chi connectivity index (χ2n) is 7.14. The molecule has 0 heterocycles. The number of hydrogen-bond donors (Lipinski definition) is 2. The Labute approximate surface area is 154 Å². The van der Waals surface area contributed by atoms with Gasteiger partial charge in [0.05, 0.1) is 6.61 Å². The van der Waals surface area contributed by atoms with Gasteiger partial charge in [-0.15, -0.1) is 6.58 Å². The number of benzene rings is 2. The third-order valence-electron chi connectivity index (χ3n) is 5.02. The lowest BCUT2D eigenvalue weighted by Gasteiger charge is -2.26. The third-order valence-corrected chi connectivity index (χ3v) is 5.02. The molecular formula is C22H25NO3.